The SMILES string of the molecule is CCO/C(Br)=C/P(OC(C)C)OC(C)C. The van der Waals surface area contributed by atoms with Crippen LogP contribution in [-0.2, 0) is 13.8 Å². The van der Waals surface area contributed by atoms with Gasteiger partial charge in [-0.3, -0.25) is 0 Å². The zero-order valence-electron chi connectivity index (χ0n) is 9.99. The molecule has 0 saturated carbocycles. The lowest BCUT2D eigenvalue weighted by Gasteiger charge is -2.19. The average molecular weight is 299 g/mol. The Kier molecular flexibility index (Phi) is 8.72. The third kappa shape index (κ3) is 9.31. The Labute approximate surface area is 102 Å². The lowest BCUT2D eigenvalue weighted by Crippen LogP contribution is -2.03. The first-order valence-electron chi connectivity index (χ1n) is 5.08. The summed E-state index contributed by atoms with van der Waals surface area (Å²) in [6.07, 6.45) is 0.293. The lowest BCUT2D eigenvalue weighted by molar-refractivity contribution is 0.181. The van der Waals surface area contributed by atoms with Crippen molar-refractivity contribution < 1.29 is 13.8 Å². The molecule has 0 aromatic heterocycles. The van der Waals surface area contributed by atoms with Crippen LogP contribution >= 0.6 is 24.3 Å². The van der Waals surface area contributed by atoms with Crippen LogP contribution in [0.25, 0.3) is 0 Å². The maximum atomic E-state index is 5.63. The molecule has 0 aliphatic heterocycles. The summed E-state index contributed by atoms with van der Waals surface area (Å²) in [6.45, 7) is 10.5. The second-order valence-electron chi connectivity index (χ2n) is 3.46. The van der Waals surface area contributed by atoms with E-state index in [1.54, 1.807) is 0 Å². The van der Waals surface area contributed by atoms with Gasteiger partial charge in [-0.1, -0.05) is 0 Å². The molecule has 0 aromatic rings. The molecule has 0 fully saturated rings. The zero-order chi connectivity index (χ0) is 11.8. The fourth-order valence-corrected chi connectivity index (χ4v) is 2.73. The van der Waals surface area contributed by atoms with Crippen molar-refractivity contribution >= 4 is 24.3 Å². The van der Waals surface area contributed by atoms with Crippen molar-refractivity contribution in [2.75, 3.05) is 6.61 Å². The molecule has 0 aliphatic carbocycles. The third-order valence-electron chi connectivity index (χ3n) is 1.12. The Balaban J connectivity index is 4.28. The van der Waals surface area contributed by atoms with Crippen molar-refractivity contribution in [2.24, 2.45) is 0 Å². The van der Waals surface area contributed by atoms with Crippen LogP contribution in [0.4, 0.5) is 0 Å². The summed E-state index contributed by atoms with van der Waals surface area (Å²) < 4.78 is 17.2. The Morgan fingerprint density at radius 1 is 1.20 bits per heavy atom. The standard InChI is InChI=1S/C10H20BrO3P/c1-6-12-10(11)7-15(13-8(2)3)14-9(4)5/h7-9H,6H2,1-5H3/b10-7+. The summed E-state index contributed by atoms with van der Waals surface area (Å²) in [6, 6.07) is 0. The highest BCUT2D eigenvalue weighted by molar-refractivity contribution is 9.11. The van der Waals surface area contributed by atoms with E-state index < -0.39 is 8.38 Å². The molecule has 0 N–H and O–H groups in total. The minimum absolute atomic E-state index is 0.146. The van der Waals surface area contributed by atoms with Crippen molar-refractivity contribution in [3.63, 3.8) is 0 Å². The summed E-state index contributed by atoms with van der Waals surface area (Å²) in [5.41, 5.74) is 0. The van der Waals surface area contributed by atoms with Crippen LogP contribution in [0.5, 0.6) is 0 Å². The zero-order valence-corrected chi connectivity index (χ0v) is 12.5. The van der Waals surface area contributed by atoms with Gasteiger partial charge in [0.2, 0.25) is 8.38 Å². The molecule has 0 atom stereocenters. The molecule has 5 heteroatoms. The van der Waals surface area contributed by atoms with E-state index >= 15 is 0 Å². The van der Waals surface area contributed by atoms with Gasteiger partial charge < -0.3 is 13.8 Å². The van der Waals surface area contributed by atoms with Crippen LogP contribution in [0.3, 0.4) is 0 Å². The number of ether oxygens (including phenoxy) is 1. The Bertz CT molecular complexity index is 185. The quantitative estimate of drug-likeness (QED) is 0.516. The molecular formula is C10H20BrO3P. The van der Waals surface area contributed by atoms with Gasteiger partial charge in [-0.15, -0.1) is 0 Å². The second kappa shape index (κ2) is 8.51. The molecule has 0 bridgehead atoms. The van der Waals surface area contributed by atoms with Gasteiger partial charge in [0.05, 0.1) is 18.8 Å². The van der Waals surface area contributed by atoms with Gasteiger partial charge in [-0.2, -0.15) is 0 Å². The fourth-order valence-electron chi connectivity index (χ4n) is 0.759. The number of hydrogen-bond acceptors (Lipinski definition) is 3. The molecule has 15 heavy (non-hydrogen) atoms. The monoisotopic (exact) mass is 298 g/mol. The molecule has 3 nitrogen and oxygen atoms in total. The van der Waals surface area contributed by atoms with Gasteiger partial charge in [0.25, 0.3) is 0 Å². The number of halogens is 1. The van der Waals surface area contributed by atoms with E-state index in [-0.39, 0.29) is 12.2 Å². The summed E-state index contributed by atoms with van der Waals surface area (Å²) in [5.74, 6) is 1.85. The summed E-state index contributed by atoms with van der Waals surface area (Å²) in [5, 5.41) is 0. The van der Waals surface area contributed by atoms with E-state index in [0.29, 0.717) is 11.3 Å². The predicted molar refractivity (Wildman–Crippen MR) is 68.0 cm³/mol. The molecule has 0 aliphatic rings. The van der Waals surface area contributed by atoms with Crippen molar-refractivity contribution in [1.29, 1.82) is 0 Å². The second-order valence-corrected chi connectivity index (χ2v) is 5.49. The van der Waals surface area contributed by atoms with Gasteiger partial charge in [0.1, 0.15) is 0 Å². The highest BCUT2D eigenvalue weighted by Gasteiger charge is 2.13. The summed E-state index contributed by atoms with van der Waals surface area (Å²) >= 11 is 3.31. The molecule has 90 valence electrons. The molecule has 0 saturated heterocycles. The van der Waals surface area contributed by atoms with Crippen LogP contribution in [0, 0.1) is 0 Å². The number of rotatable bonds is 7. The lowest BCUT2D eigenvalue weighted by atomic mass is 10.5. The van der Waals surface area contributed by atoms with Crippen molar-refractivity contribution in [1.82, 2.24) is 0 Å². The van der Waals surface area contributed by atoms with Gasteiger partial charge in [-0.25, -0.2) is 0 Å². The molecule has 0 rings (SSSR count). The van der Waals surface area contributed by atoms with E-state index in [1.165, 1.54) is 0 Å². The van der Waals surface area contributed by atoms with Crippen molar-refractivity contribution in [3.8, 4) is 0 Å². The maximum Gasteiger partial charge on any atom is 0.202 e. The van der Waals surface area contributed by atoms with Crippen LogP contribution in [0.2, 0.25) is 0 Å². The first-order valence-corrected chi connectivity index (χ1v) is 7.12. The summed E-state index contributed by atoms with van der Waals surface area (Å²) in [4.78, 5) is 0. The average Bonchev–Trinajstić information content (AvgIpc) is 2.00. The highest BCUT2D eigenvalue weighted by Crippen LogP contribution is 2.44. The van der Waals surface area contributed by atoms with Crippen LogP contribution in [0.1, 0.15) is 34.6 Å². The smallest absolute Gasteiger partial charge is 0.202 e. The molecular weight excluding hydrogens is 279 g/mol. The first-order chi connectivity index (χ1) is 6.95. The van der Waals surface area contributed by atoms with Gasteiger partial charge >= 0.3 is 0 Å². The van der Waals surface area contributed by atoms with E-state index in [2.05, 4.69) is 15.9 Å². The van der Waals surface area contributed by atoms with Crippen LogP contribution < -0.4 is 0 Å². The normalized spacial score (nSPS) is 13.0. The molecule has 0 heterocycles. The Hall–Kier alpha value is 0.370. The van der Waals surface area contributed by atoms with E-state index in [9.17, 15) is 0 Å². The van der Waals surface area contributed by atoms with E-state index in [4.69, 9.17) is 13.8 Å². The summed E-state index contributed by atoms with van der Waals surface area (Å²) in [7, 11) is -1.02. The third-order valence-corrected chi connectivity index (χ3v) is 3.63. The fraction of sp³-hybridized carbons (Fsp3) is 0.800. The van der Waals surface area contributed by atoms with E-state index in [1.807, 2.05) is 40.4 Å². The van der Waals surface area contributed by atoms with E-state index in [0.717, 1.165) is 0 Å². The van der Waals surface area contributed by atoms with Crippen molar-refractivity contribution in [3.05, 3.63) is 10.5 Å². The minimum atomic E-state index is -1.02. The molecule has 0 spiro atoms. The van der Waals surface area contributed by atoms with Gasteiger partial charge in [0.15, 0.2) is 4.67 Å². The largest absolute Gasteiger partial charge is 0.487 e. The Morgan fingerprint density at radius 2 is 1.67 bits per heavy atom. The van der Waals surface area contributed by atoms with Gasteiger partial charge in [0, 0.05) is 5.82 Å². The molecule has 0 radical (unpaired) electrons. The Morgan fingerprint density at radius 3 is 2.00 bits per heavy atom. The molecule has 0 unspecified atom stereocenters. The predicted octanol–water partition coefficient (Wildman–Crippen LogP) is 4.38. The molecule has 0 aromatic carbocycles. The topological polar surface area (TPSA) is 27.7 Å². The minimum Gasteiger partial charge on any atom is -0.487 e. The highest BCUT2D eigenvalue weighted by atomic mass is 79.9. The van der Waals surface area contributed by atoms with Crippen LogP contribution in [-0.4, -0.2) is 18.8 Å². The van der Waals surface area contributed by atoms with Gasteiger partial charge in [-0.05, 0) is 50.5 Å². The van der Waals surface area contributed by atoms with Crippen molar-refractivity contribution in [2.45, 2.75) is 46.8 Å². The first kappa shape index (κ1) is 15.4. The molecule has 0 amide bonds. The maximum absolute atomic E-state index is 5.63. The number of hydrogen-bond donors (Lipinski definition) is 0. The van der Waals surface area contributed by atoms with Crippen LogP contribution in [0.15, 0.2) is 10.5 Å².